The van der Waals surface area contributed by atoms with Crippen molar-refractivity contribution in [2.45, 2.75) is 43.9 Å². The quantitative estimate of drug-likeness (QED) is 0.856. The molecule has 1 saturated carbocycles. The Balaban J connectivity index is 2.36. The number of likely N-dealkylation sites (N-methyl/N-ethyl adjacent to an activating group) is 1. The molecule has 1 fully saturated rings. The van der Waals surface area contributed by atoms with E-state index in [9.17, 15) is 5.11 Å². The Morgan fingerprint density at radius 2 is 2.19 bits per heavy atom. The molecule has 6 nitrogen and oxygen atoms in total. The Bertz CT molecular complexity index is 461. The molecule has 2 atom stereocenters. The smallest absolute Gasteiger partial charge is 0.163 e. The molecule has 2 rings (SSSR count). The molecular weight excluding hydrogens is 270 g/mol. The van der Waals surface area contributed by atoms with E-state index in [0.29, 0.717) is 18.7 Å². The van der Waals surface area contributed by atoms with E-state index in [0.717, 1.165) is 31.5 Å². The van der Waals surface area contributed by atoms with Gasteiger partial charge in [-0.3, -0.25) is 4.68 Å². The molecule has 0 saturated heterocycles. The molecule has 0 spiro atoms. The molecule has 120 valence electrons. The van der Waals surface area contributed by atoms with E-state index in [1.807, 2.05) is 18.8 Å². The Kier molecular flexibility index (Phi) is 5.24. The maximum Gasteiger partial charge on any atom is 0.163 e. The minimum atomic E-state index is -1.03. The summed E-state index contributed by atoms with van der Waals surface area (Å²) in [6.45, 7) is 1.57. The molecule has 0 aliphatic heterocycles. The highest BCUT2D eigenvalue weighted by atomic mass is 16.5. The maximum atomic E-state index is 11.3. The molecule has 1 aliphatic carbocycles. The summed E-state index contributed by atoms with van der Waals surface area (Å²) in [5.41, 5.74) is -0.278. The maximum absolute atomic E-state index is 11.3. The van der Waals surface area contributed by atoms with Gasteiger partial charge < -0.3 is 19.5 Å². The second-order valence-electron chi connectivity index (χ2n) is 5.98. The van der Waals surface area contributed by atoms with Crippen LogP contribution in [0.1, 0.15) is 31.4 Å². The normalized spacial score (nSPS) is 26.3. The molecule has 2 unspecified atom stereocenters. The number of methoxy groups -OCH3 is 2. The van der Waals surface area contributed by atoms with Gasteiger partial charge in [0.25, 0.3) is 0 Å². The van der Waals surface area contributed by atoms with Crippen molar-refractivity contribution in [1.29, 1.82) is 0 Å². The zero-order valence-corrected chi connectivity index (χ0v) is 13.5. The Hall–Kier alpha value is -1.11. The van der Waals surface area contributed by atoms with E-state index in [1.54, 1.807) is 20.4 Å². The van der Waals surface area contributed by atoms with Crippen molar-refractivity contribution in [1.82, 2.24) is 14.7 Å². The fraction of sp³-hybridized carbons (Fsp3) is 0.800. The van der Waals surface area contributed by atoms with Crippen molar-refractivity contribution < 1.29 is 14.6 Å². The highest BCUT2D eigenvalue weighted by Crippen LogP contribution is 2.42. The van der Waals surface area contributed by atoms with Crippen LogP contribution in [0.2, 0.25) is 0 Å². The van der Waals surface area contributed by atoms with Gasteiger partial charge in [0.05, 0.1) is 26.0 Å². The van der Waals surface area contributed by atoms with Gasteiger partial charge in [0.1, 0.15) is 11.3 Å². The molecule has 0 bridgehead atoms. The standard InChI is InChI=1S/C15H27N3O3/c1-17(2)9-10-18-14(12(20-3)11-16-18)15(19)8-6-5-7-13(15)21-4/h11,13,19H,5-10H2,1-4H3. The average molecular weight is 297 g/mol. The van der Waals surface area contributed by atoms with Gasteiger partial charge in [-0.15, -0.1) is 0 Å². The van der Waals surface area contributed by atoms with Gasteiger partial charge in [-0.25, -0.2) is 0 Å². The summed E-state index contributed by atoms with van der Waals surface area (Å²) in [6, 6.07) is 0. The first-order chi connectivity index (χ1) is 10.0. The van der Waals surface area contributed by atoms with Crippen LogP contribution < -0.4 is 4.74 Å². The highest BCUT2D eigenvalue weighted by Gasteiger charge is 2.45. The lowest BCUT2D eigenvalue weighted by molar-refractivity contribution is -0.128. The Morgan fingerprint density at radius 3 is 2.81 bits per heavy atom. The second-order valence-corrected chi connectivity index (χ2v) is 5.98. The molecule has 0 amide bonds. The molecular formula is C15H27N3O3. The summed E-state index contributed by atoms with van der Waals surface area (Å²) in [6.07, 6.45) is 5.07. The van der Waals surface area contributed by atoms with Crippen LogP contribution in [0.25, 0.3) is 0 Å². The van der Waals surface area contributed by atoms with Gasteiger partial charge in [-0.1, -0.05) is 6.42 Å². The highest BCUT2D eigenvalue weighted by molar-refractivity contribution is 5.32. The van der Waals surface area contributed by atoms with Crippen molar-refractivity contribution in [3.05, 3.63) is 11.9 Å². The van der Waals surface area contributed by atoms with E-state index in [-0.39, 0.29) is 6.10 Å². The van der Waals surface area contributed by atoms with Crippen molar-refractivity contribution in [2.75, 3.05) is 34.9 Å². The molecule has 21 heavy (non-hydrogen) atoms. The number of ether oxygens (including phenoxy) is 2. The molecule has 0 aromatic carbocycles. The summed E-state index contributed by atoms with van der Waals surface area (Å²) in [7, 11) is 7.32. The lowest BCUT2D eigenvalue weighted by Gasteiger charge is -2.39. The van der Waals surface area contributed by atoms with Crippen molar-refractivity contribution in [2.24, 2.45) is 0 Å². The van der Waals surface area contributed by atoms with E-state index in [4.69, 9.17) is 9.47 Å². The zero-order chi connectivity index (χ0) is 15.5. The predicted octanol–water partition coefficient (Wildman–Crippen LogP) is 1.23. The third-order valence-corrected chi connectivity index (χ3v) is 4.29. The number of hydrogen-bond donors (Lipinski definition) is 1. The first-order valence-electron chi connectivity index (χ1n) is 7.53. The van der Waals surface area contributed by atoms with Gasteiger partial charge in [-0.2, -0.15) is 5.10 Å². The van der Waals surface area contributed by atoms with Crippen molar-refractivity contribution >= 4 is 0 Å². The van der Waals surface area contributed by atoms with Gasteiger partial charge in [0.2, 0.25) is 0 Å². The van der Waals surface area contributed by atoms with Crippen LogP contribution in [0.4, 0.5) is 0 Å². The van der Waals surface area contributed by atoms with Crippen LogP contribution >= 0.6 is 0 Å². The minimum absolute atomic E-state index is 0.213. The van der Waals surface area contributed by atoms with Crippen LogP contribution in [-0.4, -0.2) is 60.8 Å². The van der Waals surface area contributed by atoms with E-state index in [2.05, 4.69) is 10.00 Å². The van der Waals surface area contributed by atoms with Gasteiger partial charge in [0.15, 0.2) is 5.75 Å². The number of aromatic nitrogens is 2. The number of rotatable bonds is 6. The third kappa shape index (κ3) is 3.22. The lowest BCUT2D eigenvalue weighted by atomic mass is 9.79. The van der Waals surface area contributed by atoms with Crippen LogP contribution in [0.5, 0.6) is 5.75 Å². The summed E-state index contributed by atoms with van der Waals surface area (Å²) >= 11 is 0. The fourth-order valence-electron chi connectivity index (χ4n) is 3.13. The molecule has 1 N–H and O–H groups in total. The van der Waals surface area contributed by atoms with Gasteiger partial charge in [-0.05, 0) is 33.4 Å². The van der Waals surface area contributed by atoms with Crippen LogP contribution in [0.15, 0.2) is 6.20 Å². The fourth-order valence-corrected chi connectivity index (χ4v) is 3.13. The minimum Gasteiger partial charge on any atom is -0.493 e. The molecule has 0 radical (unpaired) electrons. The molecule has 1 aromatic rings. The Morgan fingerprint density at radius 1 is 1.43 bits per heavy atom. The second kappa shape index (κ2) is 6.77. The van der Waals surface area contributed by atoms with Crippen LogP contribution in [-0.2, 0) is 16.9 Å². The number of aliphatic hydroxyl groups is 1. The SMILES string of the molecule is COc1cnn(CCN(C)C)c1C1(O)CCCCC1OC. The molecule has 1 aliphatic rings. The lowest BCUT2D eigenvalue weighted by Crippen LogP contribution is -2.45. The summed E-state index contributed by atoms with van der Waals surface area (Å²) < 4.78 is 12.8. The number of nitrogens with zero attached hydrogens (tertiary/aromatic N) is 3. The molecule has 6 heteroatoms. The van der Waals surface area contributed by atoms with Gasteiger partial charge >= 0.3 is 0 Å². The summed E-state index contributed by atoms with van der Waals surface area (Å²) in [4.78, 5) is 2.09. The molecule has 1 aromatic heterocycles. The summed E-state index contributed by atoms with van der Waals surface area (Å²) in [5, 5.41) is 15.7. The average Bonchev–Trinajstić information content (AvgIpc) is 2.89. The third-order valence-electron chi connectivity index (χ3n) is 4.29. The van der Waals surface area contributed by atoms with Crippen molar-refractivity contribution in [3.8, 4) is 5.75 Å². The largest absolute Gasteiger partial charge is 0.493 e. The topological polar surface area (TPSA) is 59.8 Å². The van der Waals surface area contributed by atoms with E-state index in [1.165, 1.54) is 0 Å². The van der Waals surface area contributed by atoms with E-state index >= 15 is 0 Å². The Labute approximate surface area is 126 Å². The zero-order valence-electron chi connectivity index (χ0n) is 13.5. The van der Waals surface area contributed by atoms with E-state index < -0.39 is 5.60 Å². The monoisotopic (exact) mass is 297 g/mol. The number of hydrogen-bond acceptors (Lipinski definition) is 5. The van der Waals surface area contributed by atoms with Crippen molar-refractivity contribution in [3.63, 3.8) is 0 Å². The molecule has 1 heterocycles. The first-order valence-corrected chi connectivity index (χ1v) is 7.53. The van der Waals surface area contributed by atoms with Gasteiger partial charge in [0, 0.05) is 13.7 Å². The predicted molar refractivity (Wildman–Crippen MR) is 80.5 cm³/mol. The van der Waals surface area contributed by atoms with Crippen LogP contribution in [0, 0.1) is 0 Å². The summed E-state index contributed by atoms with van der Waals surface area (Å²) in [5.74, 6) is 0.639. The van der Waals surface area contributed by atoms with Crippen LogP contribution in [0.3, 0.4) is 0 Å². The first kappa shape index (κ1) is 16.3.